The van der Waals surface area contributed by atoms with Crippen LogP contribution in [0.15, 0.2) is 93.5 Å². The molecule has 302 valence electrons. The lowest BCUT2D eigenvalue weighted by molar-refractivity contribution is 0.472. The second-order valence-corrected chi connectivity index (χ2v) is 18.4. The van der Waals surface area contributed by atoms with Gasteiger partial charge in [0.2, 0.25) is 16.5 Å². The maximum Gasteiger partial charge on any atom is 0.296 e. The van der Waals surface area contributed by atoms with Gasteiger partial charge in [-0.15, -0.1) is 15.3 Å². The highest BCUT2D eigenvalue weighted by atomic mass is 35.5. The predicted molar refractivity (Wildman–Crippen MR) is 193 cm³/mol. The summed E-state index contributed by atoms with van der Waals surface area (Å²) < 4.78 is 170. The van der Waals surface area contributed by atoms with Gasteiger partial charge in [-0.25, -0.2) is 0 Å². The van der Waals surface area contributed by atoms with E-state index in [0.29, 0.717) is 30.3 Å². The van der Waals surface area contributed by atoms with Gasteiger partial charge in [0.25, 0.3) is 50.6 Å². The molecule has 0 amide bonds. The van der Waals surface area contributed by atoms with Crippen LogP contribution in [0.5, 0.6) is 5.75 Å². The number of nitrogens with two attached hydrogens (primary N) is 1. The van der Waals surface area contributed by atoms with Gasteiger partial charge in [-0.2, -0.15) is 62.2 Å². The van der Waals surface area contributed by atoms with Gasteiger partial charge >= 0.3 is 0 Å². The van der Waals surface area contributed by atoms with E-state index in [1.807, 2.05) is 0 Å². The number of hydrogen-bond donors (Lipinski definition) is 8. The summed E-state index contributed by atoms with van der Waals surface area (Å²) in [6.07, 6.45) is 0. The summed E-state index contributed by atoms with van der Waals surface area (Å²) in [5, 5.41) is 25.7. The number of hydrogen-bond acceptors (Lipinski definition) is 20. The highest BCUT2D eigenvalue weighted by Crippen LogP contribution is 2.48. The molecule has 4 aromatic carbocycles. The number of nitrogens with zero attached hydrogens (tertiary/aromatic N) is 7. The van der Waals surface area contributed by atoms with Gasteiger partial charge in [-0.3, -0.25) is 22.8 Å². The Morgan fingerprint density at radius 1 is 0.579 bits per heavy atom. The highest BCUT2D eigenvalue weighted by Gasteiger charge is 2.29. The van der Waals surface area contributed by atoms with Crippen molar-refractivity contribution < 1.29 is 70.0 Å². The molecule has 25 nitrogen and oxygen atoms in total. The number of anilines is 3. The summed E-state index contributed by atoms with van der Waals surface area (Å²) in [7, 11) is -26.1. The van der Waals surface area contributed by atoms with Crippen molar-refractivity contribution in [3.63, 3.8) is 0 Å². The number of aromatic nitrogens is 3. The van der Waals surface area contributed by atoms with Crippen molar-refractivity contribution in [1.29, 1.82) is 0 Å². The van der Waals surface area contributed by atoms with Crippen LogP contribution in [0.4, 0.5) is 40.1 Å². The van der Waals surface area contributed by atoms with Crippen LogP contribution in [0.25, 0.3) is 10.8 Å². The Bertz CT molecular complexity index is 3170. The first kappa shape index (κ1) is 43.0. The largest absolute Gasteiger partial charge is 0.505 e. The number of nitrogens with one attached hydrogen (secondary N) is 1. The van der Waals surface area contributed by atoms with Gasteiger partial charge < -0.3 is 16.2 Å². The number of halogens is 2. The van der Waals surface area contributed by atoms with E-state index in [1.54, 1.807) is 0 Å². The van der Waals surface area contributed by atoms with E-state index < -0.39 is 137 Å². The molecule has 0 bridgehead atoms. The van der Waals surface area contributed by atoms with E-state index in [1.165, 1.54) is 0 Å². The van der Waals surface area contributed by atoms with Gasteiger partial charge in [-0.1, -0.05) is 0 Å². The number of fused-ring (bicyclic) bond motifs is 1. The number of benzene rings is 4. The van der Waals surface area contributed by atoms with E-state index in [2.05, 4.69) is 40.7 Å². The molecule has 32 heteroatoms. The molecule has 9 N–H and O–H groups in total. The molecule has 5 aromatic rings. The fraction of sp³-hybridized carbons (Fsp3) is 0. The van der Waals surface area contributed by atoms with E-state index in [9.17, 15) is 70.0 Å². The van der Waals surface area contributed by atoms with Gasteiger partial charge in [-0.05, 0) is 77.1 Å². The van der Waals surface area contributed by atoms with Crippen molar-refractivity contribution >= 4 is 125 Å². The molecule has 0 aliphatic rings. The van der Waals surface area contributed by atoms with E-state index in [0.717, 1.165) is 18.2 Å². The number of azo groups is 2. The van der Waals surface area contributed by atoms with Gasteiger partial charge in [0.1, 0.15) is 36.6 Å². The summed E-state index contributed by atoms with van der Waals surface area (Å²) in [6.45, 7) is 0. The number of phenols is 1. The fourth-order valence-corrected chi connectivity index (χ4v) is 8.10. The monoisotopic (exact) mass is 929 g/mol. The molecule has 0 saturated carbocycles. The Labute approximate surface area is 328 Å². The van der Waals surface area contributed by atoms with Crippen LogP contribution in [-0.4, -0.2) is 84.9 Å². The maximum atomic E-state index is 12.5. The fourth-order valence-electron chi connectivity index (χ4n) is 4.67. The molecule has 5 rings (SSSR count). The van der Waals surface area contributed by atoms with Crippen LogP contribution < -0.4 is 11.1 Å². The lowest BCUT2D eigenvalue weighted by Gasteiger charge is -2.14. The first-order valence-corrected chi connectivity index (χ1v) is 22.0. The lowest BCUT2D eigenvalue weighted by Crippen LogP contribution is -2.06. The molecule has 0 unspecified atom stereocenters. The van der Waals surface area contributed by atoms with Gasteiger partial charge in [0.05, 0.1) is 27.3 Å². The second kappa shape index (κ2) is 15.0. The van der Waals surface area contributed by atoms with Crippen molar-refractivity contribution in [2.75, 3.05) is 11.1 Å². The quantitative estimate of drug-likeness (QED) is 0.0516. The second-order valence-electron chi connectivity index (χ2n) is 10.7. The smallest absolute Gasteiger partial charge is 0.296 e. The molecule has 0 radical (unpaired) electrons. The Morgan fingerprint density at radius 2 is 1.09 bits per heavy atom. The van der Waals surface area contributed by atoms with Crippen LogP contribution in [0.2, 0.25) is 10.6 Å². The van der Waals surface area contributed by atoms with Crippen LogP contribution in [-0.2, 0) is 50.6 Å². The topological polar surface area (TPSA) is 418 Å². The van der Waals surface area contributed by atoms with Crippen LogP contribution in [0, 0.1) is 0 Å². The summed E-state index contributed by atoms with van der Waals surface area (Å²) in [6, 6.07) is 4.98. The first-order valence-electron chi connectivity index (χ1n) is 14.0. The molecule has 0 aliphatic heterocycles. The molecule has 0 atom stereocenters. The van der Waals surface area contributed by atoms with E-state index in [4.69, 9.17) is 28.9 Å². The minimum atomic E-state index is -5.45. The molecule has 0 fully saturated rings. The van der Waals surface area contributed by atoms with E-state index in [-0.39, 0.29) is 5.69 Å². The lowest BCUT2D eigenvalue weighted by atomic mass is 10.1. The van der Waals surface area contributed by atoms with Crippen molar-refractivity contribution in [1.82, 2.24) is 15.0 Å². The summed E-state index contributed by atoms with van der Waals surface area (Å²) in [5.74, 6) is -1.72. The zero-order chi connectivity index (χ0) is 42.6. The summed E-state index contributed by atoms with van der Waals surface area (Å²) >= 11 is 11.5. The van der Waals surface area contributed by atoms with Gasteiger partial charge in [0.15, 0.2) is 5.75 Å². The molecule has 0 saturated heterocycles. The minimum absolute atomic E-state index is 0.372. The molecular weight excluding hydrogens is 914 g/mol. The Hall–Kier alpha value is -5.12. The first-order chi connectivity index (χ1) is 26.1. The molecule has 57 heavy (non-hydrogen) atoms. The minimum Gasteiger partial charge on any atom is -0.505 e. The van der Waals surface area contributed by atoms with Crippen LogP contribution in [0.3, 0.4) is 0 Å². The normalized spacial score (nSPS) is 13.2. The van der Waals surface area contributed by atoms with Crippen molar-refractivity contribution in [3.05, 3.63) is 59.1 Å². The maximum absolute atomic E-state index is 12.5. The third-order valence-electron chi connectivity index (χ3n) is 6.97. The van der Waals surface area contributed by atoms with Crippen molar-refractivity contribution in [2.45, 2.75) is 24.5 Å². The third-order valence-corrected chi connectivity index (χ3v) is 11.7. The zero-order valence-electron chi connectivity index (χ0n) is 26.9. The Balaban J connectivity index is 1.75. The Kier molecular flexibility index (Phi) is 11.3. The van der Waals surface area contributed by atoms with Crippen LogP contribution in [0.1, 0.15) is 0 Å². The average Bonchev–Trinajstić information content (AvgIpc) is 3.04. The standard InChI is InChI=1S/C25H17Cl2N9O16S5/c26-23-30-24(27)32-25(31-23)29-12-7-10(1-3-14(12)54(41,42)43)33-36-21-17(57(50,51)52)6-9-5-16(56(47,48)49)20(19(28)18(9)22(21)37)35-34-13-8-11(53(38,39)40)2-4-15(13)55(44,45)46/h1-8,37H,28H2,(H,38,39,40)(H,41,42,43)(H,44,45,46)(H,47,48,49)(H,50,51,52)(H,29,30,31,32). The Morgan fingerprint density at radius 3 is 1.61 bits per heavy atom. The summed E-state index contributed by atoms with van der Waals surface area (Å²) in [5.41, 5.74) is 1.00. The third kappa shape index (κ3) is 9.54. The number of aromatic hydroxyl groups is 1. The van der Waals surface area contributed by atoms with Gasteiger partial charge in [0, 0.05) is 0 Å². The molecular formula is C25H17Cl2N9O16S5. The molecule has 1 heterocycles. The average molecular weight is 931 g/mol. The van der Waals surface area contributed by atoms with Crippen LogP contribution >= 0.6 is 23.2 Å². The summed E-state index contributed by atoms with van der Waals surface area (Å²) in [4.78, 5) is 5.45. The molecule has 0 spiro atoms. The number of nitrogen functional groups attached to an aromatic ring is 1. The molecule has 0 aliphatic carbocycles. The number of rotatable bonds is 11. The highest BCUT2D eigenvalue weighted by molar-refractivity contribution is 7.87. The SMILES string of the molecule is Nc1c(N=Nc2cc(S(=O)(=O)O)ccc2S(=O)(=O)O)c(S(=O)(=O)O)cc2cc(S(=O)(=O)O)c(N=Nc3ccc(S(=O)(=O)O)c(Nc4nc(Cl)nc(Cl)n4)c3)c(O)c12. The van der Waals surface area contributed by atoms with Crippen molar-refractivity contribution in [2.24, 2.45) is 20.5 Å². The van der Waals surface area contributed by atoms with E-state index >= 15 is 0 Å². The zero-order valence-corrected chi connectivity index (χ0v) is 32.5. The van der Waals surface area contributed by atoms with Crippen molar-refractivity contribution in [3.8, 4) is 5.75 Å². The number of phenolic OH excluding ortho intramolecular Hbond substituents is 1. The predicted octanol–water partition coefficient (Wildman–Crippen LogP) is 4.43. The molecule has 1 aromatic heterocycles.